The topological polar surface area (TPSA) is 111 Å². The highest BCUT2D eigenvalue weighted by Crippen LogP contribution is 2.39. The molecule has 2 aromatic carbocycles. The van der Waals surface area contributed by atoms with Gasteiger partial charge in [-0.3, -0.25) is 0 Å². The molecule has 5 aliphatic rings. The lowest BCUT2D eigenvalue weighted by Crippen LogP contribution is -2.66. The van der Waals surface area contributed by atoms with Crippen molar-refractivity contribution in [2.24, 2.45) is 0 Å². The molecule has 0 saturated carbocycles. The summed E-state index contributed by atoms with van der Waals surface area (Å²) >= 11 is 0. The van der Waals surface area contributed by atoms with E-state index in [2.05, 4.69) is 0 Å². The van der Waals surface area contributed by atoms with Gasteiger partial charge in [-0.15, -0.1) is 0 Å². The maximum absolute atomic E-state index is 6.41. The third kappa shape index (κ3) is 5.63. The lowest BCUT2D eigenvalue weighted by Gasteiger charge is -2.51. The van der Waals surface area contributed by atoms with Crippen LogP contribution in [-0.4, -0.2) is 102 Å². The SMILES string of the molecule is CO[C@H]1O[C@@H]2COC(c3ccccc3)O[C@H]2[C@@H]2OCO[C@@H]3[C@@H](OCO[C@@H]12)[C@@H](OC)O[C@@H]1COC(c2ccccc2)O[C@@H]31. The minimum absolute atomic E-state index is 0.102. The van der Waals surface area contributed by atoms with Crippen LogP contribution < -0.4 is 0 Å². The molecule has 12 atom stereocenters. The van der Waals surface area contributed by atoms with Crippen LogP contribution in [0.1, 0.15) is 23.7 Å². The molecule has 0 aliphatic carbocycles. The maximum atomic E-state index is 6.41. The Hall–Kier alpha value is -2.04. The summed E-state index contributed by atoms with van der Waals surface area (Å²) in [6.45, 7) is 0.358. The molecule has 12 heteroatoms. The summed E-state index contributed by atoms with van der Waals surface area (Å²) in [5.74, 6) is 0. The highest BCUT2D eigenvalue weighted by molar-refractivity contribution is 5.17. The number of hydrogen-bond donors (Lipinski definition) is 0. The number of benzene rings is 2. The Labute approximate surface area is 243 Å². The zero-order chi connectivity index (χ0) is 28.5. The highest BCUT2D eigenvalue weighted by Gasteiger charge is 2.55. The first-order valence-electron chi connectivity index (χ1n) is 14.2. The second-order valence-electron chi connectivity index (χ2n) is 10.7. The second-order valence-corrected chi connectivity index (χ2v) is 10.7. The van der Waals surface area contributed by atoms with E-state index in [0.29, 0.717) is 13.2 Å². The van der Waals surface area contributed by atoms with Crippen molar-refractivity contribution in [2.45, 2.75) is 74.0 Å². The summed E-state index contributed by atoms with van der Waals surface area (Å²) in [4.78, 5) is 0. The highest BCUT2D eigenvalue weighted by atomic mass is 16.8. The molecule has 5 saturated heterocycles. The largest absolute Gasteiger partial charge is 0.353 e. The zero-order valence-electron chi connectivity index (χ0n) is 23.4. The Morgan fingerprint density at radius 2 is 0.881 bits per heavy atom. The number of rotatable bonds is 4. The van der Waals surface area contributed by atoms with Gasteiger partial charge in [-0.25, -0.2) is 0 Å². The Morgan fingerprint density at radius 1 is 0.476 bits per heavy atom. The van der Waals surface area contributed by atoms with E-state index in [1.165, 1.54) is 0 Å². The van der Waals surface area contributed by atoms with E-state index >= 15 is 0 Å². The van der Waals surface area contributed by atoms with E-state index in [0.717, 1.165) is 11.1 Å². The predicted molar refractivity (Wildman–Crippen MR) is 141 cm³/mol. The van der Waals surface area contributed by atoms with Crippen molar-refractivity contribution >= 4 is 0 Å². The Morgan fingerprint density at radius 3 is 1.29 bits per heavy atom. The van der Waals surface area contributed by atoms with Gasteiger partial charge in [-0.05, 0) is 0 Å². The van der Waals surface area contributed by atoms with Gasteiger partial charge in [0, 0.05) is 25.3 Å². The van der Waals surface area contributed by atoms with E-state index in [4.69, 9.17) is 56.8 Å². The third-order valence-corrected chi connectivity index (χ3v) is 8.22. The number of hydrogen-bond acceptors (Lipinski definition) is 12. The van der Waals surface area contributed by atoms with Crippen molar-refractivity contribution in [3.05, 3.63) is 71.8 Å². The quantitative estimate of drug-likeness (QED) is 0.523. The number of ether oxygens (including phenoxy) is 12. The molecule has 12 nitrogen and oxygen atoms in total. The van der Waals surface area contributed by atoms with E-state index in [9.17, 15) is 0 Å². The van der Waals surface area contributed by atoms with Crippen LogP contribution in [0.2, 0.25) is 0 Å². The predicted octanol–water partition coefficient (Wildman–Crippen LogP) is 2.43. The molecule has 0 radical (unpaired) electrons. The Kier molecular flexibility index (Phi) is 8.82. The van der Waals surface area contributed by atoms with Gasteiger partial charge in [0.2, 0.25) is 0 Å². The summed E-state index contributed by atoms with van der Waals surface area (Å²) in [5, 5.41) is 0. The molecule has 5 fully saturated rings. The Bertz CT molecular complexity index is 1050. The minimum atomic E-state index is -0.744. The van der Waals surface area contributed by atoms with Crippen molar-refractivity contribution in [1.82, 2.24) is 0 Å². The average Bonchev–Trinajstić information content (AvgIpc) is 3.06. The summed E-state index contributed by atoms with van der Waals surface area (Å²) in [6.07, 6.45) is -7.13. The van der Waals surface area contributed by atoms with Crippen molar-refractivity contribution in [3.8, 4) is 0 Å². The molecular formula is C30H36O12. The Balaban J connectivity index is 1.11. The van der Waals surface area contributed by atoms with Crippen molar-refractivity contribution in [3.63, 3.8) is 0 Å². The van der Waals surface area contributed by atoms with Crippen LogP contribution in [0.3, 0.4) is 0 Å². The fraction of sp³-hybridized carbons (Fsp3) is 0.600. The lowest BCUT2D eigenvalue weighted by molar-refractivity contribution is -0.406. The lowest BCUT2D eigenvalue weighted by atomic mass is 9.96. The molecule has 2 aromatic rings. The van der Waals surface area contributed by atoms with E-state index in [1.807, 2.05) is 60.7 Å². The molecule has 228 valence electrons. The molecule has 42 heavy (non-hydrogen) atoms. The fourth-order valence-electron chi connectivity index (χ4n) is 6.16. The van der Waals surface area contributed by atoms with Gasteiger partial charge in [-0.2, -0.15) is 0 Å². The summed E-state index contributed by atoms with van der Waals surface area (Å²) < 4.78 is 73.7. The standard InChI is InChI=1S/C30H36O12/c1-31-29-25-23(21-19(39-29)13-33-27(41-21)17-9-5-3-6-10-17)35-15-36-24-22-20(40-30(32-2)26(24)38-16-37-25)14-34-28(42-22)18-11-7-4-8-12-18/h3-12,19-30H,13-16H2,1-2H3/t19-,20-,21-,22-,23+,24+,25-,26-,27?,28?,29+,30+/m1/s1. The van der Waals surface area contributed by atoms with E-state index in [1.54, 1.807) is 14.2 Å². The van der Waals surface area contributed by atoms with Gasteiger partial charge in [0.05, 0.1) is 13.2 Å². The summed E-state index contributed by atoms with van der Waals surface area (Å²) in [7, 11) is 3.10. The first-order valence-corrected chi connectivity index (χ1v) is 14.2. The van der Waals surface area contributed by atoms with Gasteiger partial charge in [0.15, 0.2) is 25.2 Å². The van der Waals surface area contributed by atoms with Gasteiger partial charge >= 0.3 is 0 Å². The van der Waals surface area contributed by atoms with Crippen molar-refractivity contribution in [1.29, 1.82) is 0 Å². The van der Waals surface area contributed by atoms with E-state index in [-0.39, 0.29) is 13.6 Å². The first-order chi connectivity index (χ1) is 20.7. The van der Waals surface area contributed by atoms with Crippen LogP contribution in [0.4, 0.5) is 0 Å². The van der Waals surface area contributed by atoms with Crippen LogP contribution in [0.15, 0.2) is 60.7 Å². The van der Waals surface area contributed by atoms with Crippen LogP contribution >= 0.6 is 0 Å². The fourth-order valence-corrected chi connectivity index (χ4v) is 6.16. The molecule has 5 heterocycles. The first kappa shape index (κ1) is 28.7. The summed E-state index contributed by atoms with van der Waals surface area (Å²) in [5.41, 5.74) is 1.79. The third-order valence-electron chi connectivity index (χ3n) is 8.22. The molecule has 5 aliphatic heterocycles. The average molecular weight is 589 g/mol. The van der Waals surface area contributed by atoms with Gasteiger partial charge in [-0.1, -0.05) is 60.7 Å². The smallest absolute Gasteiger partial charge is 0.186 e. The normalized spacial score (nSPS) is 42.3. The van der Waals surface area contributed by atoms with Crippen LogP contribution in [0.25, 0.3) is 0 Å². The summed E-state index contributed by atoms with van der Waals surface area (Å²) in [6, 6.07) is 19.5. The monoisotopic (exact) mass is 588 g/mol. The second kappa shape index (κ2) is 12.9. The number of methoxy groups -OCH3 is 2. The van der Waals surface area contributed by atoms with Gasteiger partial charge in [0.25, 0.3) is 0 Å². The van der Waals surface area contributed by atoms with Gasteiger partial charge < -0.3 is 56.8 Å². The maximum Gasteiger partial charge on any atom is 0.186 e. The molecule has 0 bridgehead atoms. The molecular weight excluding hydrogens is 552 g/mol. The van der Waals surface area contributed by atoms with Crippen molar-refractivity contribution in [2.75, 3.05) is 41.0 Å². The number of fused-ring (bicyclic) bond motifs is 6. The van der Waals surface area contributed by atoms with Crippen LogP contribution in [-0.2, 0) is 56.8 Å². The molecule has 2 unspecified atom stereocenters. The van der Waals surface area contributed by atoms with E-state index < -0.39 is 74.0 Å². The van der Waals surface area contributed by atoms with Crippen molar-refractivity contribution < 1.29 is 56.8 Å². The molecule has 0 aromatic heterocycles. The van der Waals surface area contributed by atoms with Gasteiger partial charge in [0.1, 0.15) is 62.4 Å². The van der Waals surface area contributed by atoms with Crippen LogP contribution in [0, 0.1) is 0 Å². The molecule has 0 amide bonds. The molecule has 0 spiro atoms. The molecule has 0 N–H and O–H groups in total. The van der Waals surface area contributed by atoms with Crippen LogP contribution in [0.5, 0.6) is 0 Å². The molecule has 7 rings (SSSR count). The zero-order valence-corrected chi connectivity index (χ0v) is 23.4. The minimum Gasteiger partial charge on any atom is -0.353 e.